The molecule has 1 aromatic carbocycles. The van der Waals surface area contributed by atoms with E-state index < -0.39 is 11.9 Å². The Bertz CT molecular complexity index is 731. The van der Waals surface area contributed by atoms with Gasteiger partial charge in [-0.1, -0.05) is 6.92 Å². The van der Waals surface area contributed by atoms with E-state index in [1.807, 2.05) is 6.92 Å². The van der Waals surface area contributed by atoms with Crippen LogP contribution in [-0.2, 0) is 4.79 Å². The lowest BCUT2D eigenvalue weighted by molar-refractivity contribution is -0.143. The number of rotatable bonds is 2. The van der Waals surface area contributed by atoms with Crippen LogP contribution < -0.4 is 0 Å². The molecule has 1 amide bonds. The van der Waals surface area contributed by atoms with Gasteiger partial charge in [0.25, 0.3) is 5.91 Å². The van der Waals surface area contributed by atoms with Crippen LogP contribution in [0.25, 0.3) is 11.0 Å². The predicted molar refractivity (Wildman–Crippen MR) is 80.3 cm³/mol. The van der Waals surface area contributed by atoms with Crippen molar-refractivity contribution in [1.82, 2.24) is 14.9 Å². The third-order valence-electron chi connectivity index (χ3n) is 4.01. The molecule has 0 aliphatic carbocycles. The van der Waals surface area contributed by atoms with Gasteiger partial charge in [-0.3, -0.25) is 19.6 Å². The molecular weight excluding hydrogens is 282 g/mol. The number of amides is 1. The molecule has 0 spiro atoms. The summed E-state index contributed by atoms with van der Waals surface area (Å²) >= 11 is 0. The first-order valence-corrected chi connectivity index (χ1v) is 7.27. The average molecular weight is 299 g/mol. The average Bonchev–Trinajstić information content (AvgIpc) is 2.53. The number of carboxylic acids is 1. The second kappa shape index (κ2) is 5.71. The number of nitrogens with zero attached hydrogens (tertiary/aromatic N) is 3. The van der Waals surface area contributed by atoms with E-state index in [9.17, 15) is 14.7 Å². The van der Waals surface area contributed by atoms with Gasteiger partial charge in [-0.2, -0.15) is 0 Å². The number of carbonyl (C=O) groups excluding carboxylic acids is 1. The third-order valence-corrected chi connectivity index (χ3v) is 4.01. The van der Waals surface area contributed by atoms with Crippen LogP contribution in [0, 0.1) is 11.8 Å². The number of fused-ring (bicyclic) bond motifs is 1. The fraction of sp³-hybridized carbons (Fsp3) is 0.375. The van der Waals surface area contributed by atoms with Gasteiger partial charge < -0.3 is 10.0 Å². The lowest BCUT2D eigenvalue weighted by atomic mass is 9.90. The van der Waals surface area contributed by atoms with Gasteiger partial charge in [0, 0.05) is 31.0 Å². The number of hydrogen-bond donors (Lipinski definition) is 1. The second-order valence-corrected chi connectivity index (χ2v) is 5.85. The van der Waals surface area contributed by atoms with E-state index in [2.05, 4.69) is 9.97 Å². The minimum atomic E-state index is -0.839. The predicted octanol–water partition coefficient (Wildman–Crippen LogP) is 1.81. The standard InChI is InChI=1S/C16H17N3O3/c1-10-6-12(16(21)22)9-19(8-10)15(20)11-2-3-13-14(7-11)18-5-4-17-13/h2-5,7,10,12H,6,8-9H2,1H3,(H,21,22). The molecule has 0 bridgehead atoms. The first-order chi connectivity index (χ1) is 10.5. The monoisotopic (exact) mass is 299 g/mol. The molecule has 1 fully saturated rings. The largest absolute Gasteiger partial charge is 0.481 e. The summed E-state index contributed by atoms with van der Waals surface area (Å²) in [6.07, 6.45) is 3.80. The molecule has 6 nitrogen and oxygen atoms in total. The summed E-state index contributed by atoms with van der Waals surface area (Å²) in [6, 6.07) is 5.19. The van der Waals surface area contributed by atoms with E-state index in [-0.39, 0.29) is 18.4 Å². The summed E-state index contributed by atoms with van der Waals surface area (Å²) in [6.45, 7) is 2.82. The number of piperidine rings is 1. The van der Waals surface area contributed by atoms with E-state index in [1.165, 1.54) is 0 Å². The molecular formula is C16H17N3O3. The van der Waals surface area contributed by atoms with Crippen LogP contribution in [0.2, 0.25) is 0 Å². The van der Waals surface area contributed by atoms with Crippen molar-refractivity contribution in [2.45, 2.75) is 13.3 Å². The highest BCUT2D eigenvalue weighted by atomic mass is 16.4. The summed E-state index contributed by atoms with van der Waals surface area (Å²) in [5, 5.41) is 9.21. The first kappa shape index (κ1) is 14.4. The van der Waals surface area contributed by atoms with Crippen LogP contribution in [-0.4, -0.2) is 44.9 Å². The van der Waals surface area contributed by atoms with Crippen molar-refractivity contribution in [2.24, 2.45) is 11.8 Å². The van der Waals surface area contributed by atoms with E-state index in [4.69, 9.17) is 0 Å². The van der Waals surface area contributed by atoms with Crippen molar-refractivity contribution in [3.63, 3.8) is 0 Å². The van der Waals surface area contributed by atoms with Gasteiger partial charge in [-0.05, 0) is 30.5 Å². The van der Waals surface area contributed by atoms with Crippen LogP contribution >= 0.6 is 0 Å². The van der Waals surface area contributed by atoms with Crippen LogP contribution in [0.5, 0.6) is 0 Å². The van der Waals surface area contributed by atoms with Crippen LogP contribution in [0.15, 0.2) is 30.6 Å². The quantitative estimate of drug-likeness (QED) is 0.914. The highest BCUT2D eigenvalue weighted by molar-refractivity contribution is 5.97. The van der Waals surface area contributed by atoms with Gasteiger partial charge in [0.15, 0.2) is 0 Å². The molecule has 0 radical (unpaired) electrons. The van der Waals surface area contributed by atoms with Gasteiger partial charge in [0.1, 0.15) is 0 Å². The lowest BCUT2D eigenvalue weighted by Gasteiger charge is -2.34. The van der Waals surface area contributed by atoms with Crippen molar-refractivity contribution in [3.05, 3.63) is 36.2 Å². The van der Waals surface area contributed by atoms with E-state index in [0.29, 0.717) is 24.0 Å². The van der Waals surface area contributed by atoms with E-state index >= 15 is 0 Å². The molecule has 114 valence electrons. The van der Waals surface area contributed by atoms with Gasteiger partial charge in [0.2, 0.25) is 0 Å². The van der Waals surface area contributed by atoms with Crippen molar-refractivity contribution in [3.8, 4) is 0 Å². The Kier molecular flexibility index (Phi) is 3.75. The van der Waals surface area contributed by atoms with Crippen LogP contribution in [0.1, 0.15) is 23.7 Å². The Labute approximate surface area is 127 Å². The summed E-state index contributed by atoms with van der Waals surface area (Å²) in [5.41, 5.74) is 1.91. The maximum Gasteiger partial charge on any atom is 0.308 e. The Morgan fingerprint density at radius 2 is 1.91 bits per heavy atom. The van der Waals surface area contributed by atoms with Gasteiger partial charge in [-0.15, -0.1) is 0 Å². The smallest absolute Gasteiger partial charge is 0.308 e. The number of benzene rings is 1. The molecule has 1 N–H and O–H groups in total. The fourth-order valence-electron chi connectivity index (χ4n) is 2.98. The summed E-state index contributed by atoms with van der Waals surface area (Å²) in [7, 11) is 0. The highest BCUT2D eigenvalue weighted by Gasteiger charge is 2.32. The number of aliphatic carboxylic acids is 1. The molecule has 3 rings (SSSR count). The lowest BCUT2D eigenvalue weighted by Crippen LogP contribution is -2.45. The van der Waals surface area contributed by atoms with Crippen LogP contribution in [0.3, 0.4) is 0 Å². The Hall–Kier alpha value is -2.50. The van der Waals surface area contributed by atoms with Crippen molar-refractivity contribution >= 4 is 22.9 Å². The maximum atomic E-state index is 12.6. The van der Waals surface area contributed by atoms with Crippen LogP contribution in [0.4, 0.5) is 0 Å². The molecule has 1 aliphatic heterocycles. The van der Waals surface area contributed by atoms with Gasteiger partial charge in [0.05, 0.1) is 17.0 Å². The molecule has 6 heteroatoms. The number of aromatic nitrogens is 2. The maximum absolute atomic E-state index is 12.6. The van der Waals surface area contributed by atoms with Gasteiger partial charge >= 0.3 is 5.97 Å². The molecule has 0 saturated carbocycles. The highest BCUT2D eigenvalue weighted by Crippen LogP contribution is 2.24. The zero-order valence-corrected chi connectivity index (χ0v) is 12.3. The van der Waals surface area contributed by atoms with Crippen molar-refractivity contribution in [2.75, 3.05) is 13.1 Å². The topological polar surface area (TPSA) is 83.4 Å². The minimum Gasteiger partial charge on any atom is -0.481 e. The van der Waals surface area contributed by atoms with Crippen molar-refractivity contribution < 1.29 is 14.7 Å². The number of carbonyl (C=O) groups is 2. The van der Waals surface area contributed by atoms with Gasteiger partial charge in [-0.25, -0.2) is 0 Å². The zero-order valence-electron chi connectivity index (χ0n) is 12.3. The van der Waals surface area contributed by atoms with E-state index in [1.54, 1.807) is 35.5 Å². The first-order valence-electron chi connectivity index (χ1n) is 7.27. The molecule has 2 heterocycles. The Morgan fingerprint density at radius 1 is 1.18 bits per heavy atom. The molecule has 1 aromatic heterocycles. The molecule has 2 aromatic rings. The number of carboxylic acid groups (broad SMARTS) is 1. The summed E-state index contributed by atoms with van der Waals surface area (Å²) in [5.74, 6) is -1.30. The number of hydrogen-bond acceptors (Lipinski definition) is 4. The molecule has 22 heavy (non-hydrogen) atoms. The van der Waals surface area contributed by atoms with Crippen molar-refractivity contribution in [1.29, 1.82) is 0 Å². The second-order valence-electron chi connectivity index (χ2n) is 5.85. The third kappa shape index (κ3) is 2.77. The molecule has 2 atom stereocenters. The minimum absolute atomic E-state index is 0.148. The molecule has 1 aliphatic rings. The Balaban J connectivity index is 1.86. The van der Waals surface area contributed by atoms with E-state index in [0.717, 1.165) is 5.52 Å². The SMILES string of the molecule is CC1CC(C(=O)O)CN(C(=O)c2ccc3nccnc3c2)C1. The molecule has 2 unspecified atom stereocenters. The zero-order chi connectivity index (χ0) is 15.7. The normalized spacial score (nSPS) is 21.8. The fourth-order valence-corrected chi connectivity index (χ4v) is 2.98. The Morgan fingerprint density at radius 3 is 2.64 bits per heavy atom. The molecule has 1 saturated heterocycles. The number of likely N-dealkylation sites (tertiary alicyclic amines) is 1. The summed E-state index contributed by atoms with van der Waals surface area (Å²) < 4.78 is 0. The summed E-state index contributed by atoms with van der Waals surface area (Å²) in [4.78, 5) is 33.9.